The minimum Gasteiger partial charge on any atom is -0.354 e. The maximum Gasteiger partial charge on any atom is 0.244 e. The Morgan fingerprint density at radius 3 is 2.34 bits per heavy atom. The summed E-state index contributed by atoms with van der Waals surface area (Å²) in [5, 5.41) is 4.83. The quantitative estimate of drug-likeness (QED) is 0.438. The molecule has 0 spiro atoms. The fourth-order valence-corrected chi connectivity index (χ4v) is 4.87. The van der Waals surface area contributed by atoms with E-state index >= 15 is 0 Å². The van der Waals surface area contributed by atoms with Crippen LogP contribution in [0.3, 0.4) is 0 Å². The van der Waals surface area contributed by atoms with Gasteiger partial charge in [0.2, 0.25) is 21.8 Å². The van der Waals surface area contributed by atoms with Gasteiger partial charge in [0, 0.05) is 23.5 Å². The Balaban J connectivity index is 1.99. The lowest BCUT2D eigenvalue weighted by Crippen LogP contribution is -2.51. The molecule has 0 heterocycles. The molecule has 0 saturated heterocycles. The third-order valence-corrected chi connectivity index (χ3v) is 7.22. The highest BCUT2D eigenvalue weighted by Crippen LogP contribution is 2.29. The van der Waals surface area contributed by atoms with Gasteiger partial charge in [-0.25, -0.2) is 8.42 Å². The zero-order valence-corrected chi connectivity index (χ0v) is 21.6. The Hall–Kier alpha value is -3.10. The molecule has 35 heavy (non-hydrogen) atoms. The third-order valence-electron chi connectivity index (χ3n) is 5.73. The molecule has 2 amide bonds. The minimum absolute atomic E-state index is 0.0619. The highest BCUT2D eigenvalue weighted by atomic mass is 35.5. The molecule has 0 aliphatic heterocycles. The average Bonchev–Trinajstić information content (AvgIpc) is 2.83. The van der Waals surface area contributed by atoms with Crippen LogP contribution in [0.25, 0.3) is 10.8 Å². The lowest BCUT2D eigenvalue weighted by molar-refractivity contribution is -0.139. The van der Waals surface area contributed by atoms with Gasteiger partial charge in [-0.1, -0.05) is 73.1 Å². The topological polar surface area (TPSA) is 86.8 Å². The summed E-state index contributed by atoms with van der Waals surface area (Å²) in [5.74, 6) is -0.828. The van der Waals surface area contributed by atoms with Gasteiger partial charge < -0.3 is 10.2 Å². The van der Waals surface area contributed by atoms with Crippen molar-refractivity contribution >= 4 is 49.9 Å². The number of anilines is 1. The Morgan fingerprint density at radius 1 is 1.00 bits per heavy atom. The van der Waals surface area contributed by atoms with Gasteiger partial charge in [-0.05, 0) is 36.4 Å². The van der Waals surface area contributed by atoms with Crippen LogP contribution in [0.2, 0.25) is 5.02 Å². The molecule has 3 rings (SSSR count). The van der Waals surface area contributed by atoms with Gasteiger partial charge in [0.05, 0.1) is 11.9 Å². The Bertz CT molecular complexity index is 1310. The summed E-state index contributed by atoms with van der Waals surface area (Å²) < 4.78 is 26.8. The van der Waals surface area contributed by atoms with Crippen molar-refractivity contribution in [2.75, 3.05) is 23.7 Å². The van der Waals surface area contributed by atoms with Crippen LogP contribution in [0, 0.1) is 0 Å². The molecule has 3 aromatic carbocycles. The van der Waals surface area contributed by atoms with Crippen LogP contribution in [0.5, 0.6) is 0 Å². The number of nitrogens with one attached hydrogen (secondary N) is 1. The lowest BCUT2D eigenvalue weighted by Gasteiger charge is -2.32. The van der Waals surface area contributed by atoms with E-state index in [0.717, 1.165) is 22.4 Å². The second-order valence-corrected chi connectivity index (χ2v) is 10.7. The summed E-state index contributed by atoms with van der Waals surface area (Å²) in [4.78, 5) is 27.8. The van der Waals surface area contributed by atoms with E-state index in [1.165, 1.54) is 4.90 Å². The van der Waals surface area contributed by atoms with Crippen LogP contribution < -0.4 is 9.62 Å². The number of carbonyl (C=O) groups excluding carboxylic acids is 2. The second-order valence-electron chi connectivity index (χ2n) is 8.35. The van der Waals surface area contributed by atoms with E-state index in [0.29, 0.717) is 28.2 Å². The number of halogens is 1. The van der Waals surface area contributed by atoms with E-state index in [1.807, 2.05) is 37.3 Å². The van der Waals surface area contributed by atoms with Crippen molar-refractivity contribution in [1.82, 2.24) is 10.2 Å². The Kier molecular flexibility index (Phi) is 8.75. The SMILES string of the molecule is CCCNC(=O)[C@@H](C)N(Cc1ccccc1Cl)C(=O)CN(c1cccc2ccccc12)S(C)(=O)=O. The molecule has 0 aliphatic carbocycles. The van der Waals surface area contributed by atoms with Gasteiger partial charge in [0.25, 0.3) is 0 Å². The molecule has 3 aromatic rings. The molecule has 186 valence electrons. The smallest absolute Gasteiger partial charge is 0.244 e. The molecule has 0 saturated carbocycles. The highest BCUT2D eigenvalue weighted by Gasteiger charge is 2.30. The van der Waals surface area contributed by atoms with Crippen molar-refractivity contribution < 1.29 is 18.0 Å². The molecule has 0 aromatic heterocycles. The van der Waals surface area contributed by atoms with Crippen molar-refractivity contribution in [3.8, 4) is 0 Å². The first-order valence-electron chi connectivity index (χ1n) is 11.4. The molecule has 1 atom stereocenters. The van der Waals surface area contributed by atoms with E-state index in [9.17, 15) is 18.0 Å². The van der Waals surface area contributed by atoms with Crippen LogP contribution >= 0.6 is 11.6 Å². The molecule has 9 heteroatoms. The number of benzene rings is 3. The molecule has 1 N–H and O–H groups in total. The zero-order chi connectivity index (χ0) is 25.6. The van der Waals surface area contributed by atoms with Crippen LogP contribution in [0.1, 0.15) is 25.8 Å². The molecule has 0 unspecified atom stereocenters. The molecule has 0 bridgehead atoms. The second kappa shape index (κ2) is 11.6. The number of carbonyl (C=O) groups is 2. The summed E-state index contributed by atoms with van der Waals surface area (Å²) in [6.07, 6.45) is 1.82. The predicted octanol–water partition coefficient (Wildman–Crippen LogP) is 4.20. The van der Waals surface area contributed by atoms with Gasteiger partial charge in [0.1, 0.15) is 12.6 Å². The van der Waals surface area contributed by atoms with E-state index < -0.39 is 28.5 Å². The normalized spacial score (nSPS) is 12.2. The van der Waals surface area contributed by atoms with E-state index in [2.05, 4.69) is 5.32 Å². The van der Waals surface area contributed by atoms with Crippen LogP contribution in [-0.2, 0) is 26.2 Å². The number of hydrogen-bond donors (Lipinski definition) is 1. The summed E-state index contributed by atoms with van der Waals surface area (Å²) in [5.41, 5.74) is 1.06. The van der Waals surface area contributed by atoms with E-state index in [4.69, 9.17) is 11.6 Å². The first-order chi connectivity index (χ1) is 16.6. The third kappa shape index (κ3) is 6.52. The van der Waals surface area contributed by atoms with Gasteiger partial charge >= 0.3 is 0 Å². The van der Waals surface area contributed by atoms with E-state index in [1.54, 1.807) is 43.3 Å². The van der Waals surface area contributed by atoms with Crippen molar-refractivity contribution in [2.45, 2.75) is 32.9 Å². The predicted molar refractivity (Wildman–Crippen MR) is 141 cm³/mol. The van der Waals surface area contributed by atoms with Crippen LogP contribution in [-0.4, -0.2) is 50.5 Å². The zero-order valence-electron chi connectivity index (χ0n) is 20.1. The highest BCUT2D eigenvalue weighted by molar-refractivity contribution is 7.92. The first-order valence-corrected chi connectivity index (χ1v) is 13.6. The number of hydrogen-bond acceptors (Lipinski definition) is 4. The number of sulfonamides is 1. The van der Waals surface area contributed by atoms with Crippen molar-refractivity contribution in [2.24, 2.45) is 0 Å². The number of rotatable bonds is 10. The first kappa shape index (κ1) is 26.5. The van der Waals surface area contributed by atoms with Gasteiger partial charge in [0.15, 0.2) is 0 Å². The molecule has 0 aliphatic rings. The standard InChI is InChI=1S/C26H30ClN3O4S/c1-4-16-28-26(32)19(2)29(17-21-11-6-8-14-23(21)27)25(31)18-30(35(3,33)34)24-15-9-12-20-10-5-7-13-22(20)24/h5-15,19H,4,16-18H2,1-3H3,(H,28,32)/t19-/m1/s1. The molecular formula is C26H30ClN3O4S. The largest absolute Gasteiger partial charge is 0.354 e. The Labute approximate surface area is 211 Å². The van der Waals surface area contributed by atoms with Crippen LogP contribution in [0.15, 0.2) is 66.7 Å². The maximum atomic E-state index is 13.6. The molecular weight excluding hydrogens is 486 g/mol. The van der Waals surface area contributed by atoms with Gasteiger partial charge in [-0.3, -0.25) is 13.9 Å². The number of fused-ring (bicyclic) bond motifs is 1. The lowest BCUT2D eigenvalue weighted by atomic mass is 10.1. The minimum atomic E-state index is -3.82. The number of amides is 2. The van der Waals surface area contributed by atoms with Crippen molar-refractivity contribution in [3.05, 3.63) is 77.3 Å². The van der Waals surface area contributed by atoms with E-state index in [-0.39, 0.29) is 12.5 Å². The summed E-state index contributed by atoms with van der Waals surface area (Å²) in [6.45, 7) is 3.64. The van der Waals surface area contributed by atoms with Crippen LogP contribution in [0.4, 0.5) is 5.69 Å². The van der Waals surface area contributed by atoms with Gasteiger partial charge in [-0.15, -0.1) is 0 Å². The summed E-state index contributed by atoms with van der Waals surface area (Å²) in [6, 6.07) is 18.9. The van der Waals surface area contributed by atoms with Crippen molar-refractivity contribution in [3.63, 3.8) is 0 Å². The Morgan fingerprint density at radius 2 is 1.66 bits per heavy atom. The molecule has 7 nitrogen and oxygen atoms in total. The monoisotopic (exact) mass is 515 g/mol. The summed E-state index contributed by atoms with van der Waals surface area (Å²) in [7, 11) is -3.82. The fraction of sp³-hybridized carbons (Fsp3) is 0.308. The molecule has 0 fully saturated rings. The van der Waals surface area contributed by atoms with Gasteiger partial charge in [-0.2, -0.15) is 0 Å². The fourth-order valence-electron chi connectivity index (χ4n) is 3.81. The summed E-state index contributed by atoms with van der Waals surface area (Å²) >= 11 is 6.34. The van der Waals surface area contributed by atoms with Crippen molar-refractivity contribution in [1.29, 1.82) is 0 Å². The average molecular weight is 516 g/mol. The maximum absolute atomic E-state index is 13.6. The molecule has 0 radical (unpaired) electrons. The number of nitrogens with zero attached hydrogens (tertiary/aromatic N) is 2.